The minimum absolute atomic E-state index is 0.187. The molecule has 2 heterocycles. The Bertz CT molecular complexity index is 1160. The molecule has 1 amide bonds. The number of benzene rings is 2. The number of hydrogen-bond acceptors (Lipinski definition) is 6. The summed E-state index contributed by atoms with van der Waals surface area (Å²) in [7, 11) is 0. The number of para-hydroxylation sites is 1. The first-order valence-electron chi connectivity index (χ1n) is 8.60. The first-order chi connectivity index (χ1) is 13.6. The zero-order chi connectivity index (χ0) is 19.7. The van der Waals surface area contributed by atoms with Crippen molar-refractivity contribution in [3.8, 4) is 5.75 Å². The van der Waals surface area contributed by atoms with Crippen LogP contribution in [0.5, 0.6) is 5.75 Å². The Labute approximate surface area is 170 Å². The van der Waals surface area contributed by atoms with Gasteiger partial charge in [0, 0.05) is 0 Å². The van der Waals surface area contributed by atoms with Crippen LogP contribution in [0, 0.1) is 0 Å². The number of nitrogens with zero attached hydrogens (tertiary/aromatic N) is 1. The van der Waals surface area contributed by atoms with Gasteiger partial charge in [0.25, 0.3) is 5.91 Å². The predicted octanol–water partition coefficient (Wildman–Crippen LogP) is 4.60. The fourth-order valence-electron chi connectivity index (χ4n) is 2.88. The summed E-state index contributed by atoms with van der Waals surface area (Å²) in [5, 5.41) is 0.471. The third-order valence-corrected chi connectivity index (χ3v) is 5.50. The molecular formula is C21H15NO4S2. The summed E-state index contributed by atoms with van der Waals surface area (Å²) < 4.78 is 11.4. The second-order valence-corrected chi connectivity index (χ2v) is 7.64. The first kappa shape index (κ1) is 18.5. The zero-order valence-corrected chi connectivity index (χ0v) is 16.5. The van der Waals surface area contributed by atoms with Crippen LogP contribution in [0.3, 0.4) is 0 Å². The van der Waals surface area contributed by atoms with Crippen LogP contribution < -0.4 is 15.1 Å². The Kier molecular flexibility index (Phi) is 5.02. The SMILES string of the molecule is CCOc1ccc(N2C(=O)/C(=C/c3coc4ccccc4c3=O)SC2=S)cc1. The minimum atomic E-state index is -0.272. The molecule has 7 heteroatoms. The molecule has 5 nitrogen and oxygen atoms in total. The molecule has 0 unspecified atom stereocenters. The summed E-state index contributed by atoms with van der Waals surface area (Å²) >= 11 is 6.54. The number of thioether (sulfide) groups is 1. The highest BCUT2D eigenvalue weighted by atomic mass is 32.2. The van der Waals surface area contributed by atoms with Gasteiger partial charge in [-0.05, 0) is 49.4 Å². The van der Waals surface area contributed by atoms with Crippen LogP contribution in [-0.2, 0) is 4.79 Å². The second-order valence-electron chi connectivity index (χ2n) is 5.96. The third kappa shape index (κ3) is 3.34. The highest BCUT2D eigenvalue weighted by molar-refractivity contribution is 8.27. The summed E-state index contributed by atoms with van der Waals surface area (Å²) in [6, 6.07) is 14.1. The Hall–Kier alpha value is -2.90. The maximum atomic E-state index is 12.9. The number of carbonyl (C=O) groups is 1. The molecule has 0 atom stereocenters. The van der Waals surface area contributed by atoms with Gasteiger partial charge < -0.3 is 9.15 Å². The Morgan fingerprint density at radius 1 is 1.14 bits per heavy atom. The van der Waals surface area contributed by atoms with Gasteiger partial charge in [-0.15, -0.1) is 0 Å². The quantitative estimate of drug-likeness (QED) is 0.464. The number of fused-ring (bicyclic) bond motifs is 1. The van der Waals surface area contributed by atoms with Crippen molar-refractivity contribution in [2.45, 2.75) is 6.92 Å². The molecule has 28 heavy (non-hydrogen) atoms. The number of thiocarbonyl (C=S) groups is 1. The van der Waals surface area contributed by atoms with E-state index in [1.807, 2.05) is 6.92 Å². The molecule has 0 radical (unpaired) electrons. The molecule has 2 aromatic carbocycles. The van der Waals surface area contributed by atoms with Crippen LogP contribution in [0.25, 0.3) is 17.0 Å². The lowest BCUT2D eigenvalue weighted by molar-refractivity contribution is -0.113. The van der Waals surface area contributed by atoms with E-state index in [2.05, 4.69) is 0 Å². The van der Waals surface area contributed by atoms with Crippen LogP contribution >= 0.6 is 24.0 Å². The van der Waals surface area contributed by atoms with Crippen LogP contribution in [0.15, 0.2) is 68.9 Å². The summed E-state index contributed by atoms with van der Waals surface area (Å²) in [5.41, 5.74) is 1.28. The standard InChI is InChI=1S/C21H15NO4S2/c1-2-25-15-9-7-14(8-10-15)22-20(24)18(28-21(22)27)11-13-12-26-17-6-4-3-5-16(17)19(13)23/h3-12H,2H2,1H3/b18-11-. The summed E-state index contributed by atoms with van der Waals surface area (Å²) in [5.74, 6) is 0.452. The van der Waals surface area contributed by atoms with Gasteiger partial charge in [0.1, 0.15) is 17.6 Å². The van der Waals surface area contributed by atoms with Gasteiger partial charge in [-0.25, -0.2) is 0 Å². The van der Waals surface area contributed by atoms with E-state index in [-0.39, 0.29) is 11.3 Å². The van der Waals surface area contributed by atoms with E-state index in [1.54, 1.807) is 48.5 Å². The largest absolute Gasteiger partial charge is 0.494 e. The molecule has 1 aliphatic heterocycles. The van der Waals surface area contributed by atoms with Crippen molar-refractivity contribution in [3.63, 3.8) is 0 Å². The molecule has 1 saturated heterocycles. The summed E-state index contributed by atoms with van der Waals surface area (Å²) in [4.78, 5) is 27.4. The van der Waals surface area contributed by atoms with Crippen molar-refractivity contribution in [1.29, 1.82) is 0 Å². The molecule has 0 spiro atoms. The lowest BCUT2D eigenvalue weighted by Gasteiger charge is -2.15. The van der Waals surface area contributed by atoms with E-state index >= 15 is 0 Å². The number of ether oxygens (including phenoxy) is 1. The first-order valence-corrected chi connectivity index (χ1v) is 9.82. The summed E-state index contributed by atoms with van der Waals surface area (Å²) in [6.07, 6.45) is 2.90. The van der Waals surface area contributed by atoms with E-state index in [0.717, 1.165) is 17.5 Å². The number of rotatable bonds is 4. The van der Waals surface area contributed by atoms with E-state index in [1.165, 1.54) is 17.2 Å². The fourth-order valence-corrected chi connectivity index (χ4v) is 4.17. The smallest absolute Gasteiger partial charge is 0.270 e. The Morgan fingerprint density at radius 2 is 1.89 bits per heavy atom. The van der Waals surface area contributed by atoms with Gasteiger partial charge in [-0.1, -0.05) is 36.1 Å². The molecule has 0 N–H and O–H groups in total. The number of hydrogen-bond donors (Lipinski definition) is 0. The molecule has 0 saturated carbocycles. The fraction of sp³-hybridized carbons (Fsp3) is 0.0952. The van der Waals surface area contributed by atoms with Crippen molar-refractivity contribution in [3.05, 3.63) is 75.5 Å². The van der Waals surface area contributed by atoms with Crippen molar-refractivity contribution in [1.82, 2.24) is 0 Å². The molecule has 0 aliphatic carbocycles. The molecule has 1 aliphatic rings. The molecule has 1 aromatic heterocycles. The topological polar surface area (TPSA) is 59.8 Å². The molecule has 4 rings (SSSR count). The third-order valence-electron chi connectivity index (χ3n) is 4.19. The molecule has 0 bridgehead atoms. The Balaban J connectivity index is 1.67. The average molecular weight is 409 g/mol. The van der Waals surface area contributed by atoms with Crippen LogP contribution in [0.2, 0.25) is 0 Å². The number of carbonyl (C=O) groups excluding carboxylic acids is 1. The maximum Gasteiger partial charge on any atom is 0.270 e. The lowest BCUT2D eigenvalue weighted by atomic mass is 10.1. The van der Waals surface area contributed by atoms with Gasteiger partial charge in [-0.3, -0.25) is 14.5 Å². The van der Waals surface area contributed by atoms with Gasteiger partial charge in [0.05, 0.1) is 28.1 Å². The maximum absolute atomic E-state index is 12.9. The highest BCUT2D eigenvalue weighted by Crippen LogP contribution is 2.36. The lowest BCUT2D eigenvalue weighted by Crippen LogP contribution is -2.27. The van der Waals surface area contributed by atoms with E-state index in [0.29, 0.717) is 38.1 Å². The van der Waals surface area contributed by atoms with Crippen molar-refractivity contribution < 1.29 is 13.9 Å². The summed E-state index contributed by atoms with van der Waals surface area (Å²) in [6.45, 7) is 2.47. The molecule has 1 fully saturated rings. The average Bonchev–Trinajstić information content (AvgIpc) is 2.98. The Morgan fingerprint density at radius 3 is 2.64 bits per heavy atom. The monoisotopic (exact) mass is 409 g/mol. The molecule has 140 valence electrons. The normalized spacial score (nSPS) is 15.6. The van der Waals surface area contributed by atoms with Crippen LogP contribution in [0.4, 0.5) is 5.69 Å². The van der Waals surface area contributed by atoms with Gasteiger partial charge in [0.2, 0.25) is 0 Å². The van der Waals surface area contributed by atoms with Gasteiger partial charge in [0.15, 0.2) is 9.75 Å². The van der Waals surface area contributed by atoms with Crippen molar-refractivity contribution >= 4 is 56.9 Å². The minimum Gasteiger partial charge on any atom is -0.494 e. The van der Waals surface area contributed by atoms with E-state index in [9.17, 15) is 9.59 Å². The number of amides is 1. The second kappa shape index (κ2) is 7.61. The van der Waals surface area contributed by atoms with E-state index < -0.39 is 0 Å². The zero-order valence-electron chi connectivity index (χ0n) is 14.9. The van der Waals surface area contributed by atoms with Gasteiger partial charge >= 0.3 is 0 Å². The van der Waals surface area contributed by atoms with Crippen LogP contribution in [0.1, 0.15) is 12.5 Å². The van der Waals surface area contributed by atoms with Gasteiger partial charge in [-0.2, -0.15) is 0 Å². The van der Waals surface area contributed by atoms with Crippen molar-refractivity contribution in [2.75, 3.05) is 11.5 Å². The van der Waals surface area contributed by atoms with Crippen molar-refractivity contribution in [2.24, 2.45) is 0 Å². The highest BCUT2D eigenvalue weighted by Gasteiger charge is 2.33. The predicted molar refractivity (Wildman–Crippen MR) is 116 cm³/mol. The van der Waals surface area contributed by atoms with Crippen LogP contribution in [-0.4, -0.2) is 16.8 Å². The molecular weight excluding hydrogens is 394 g/mol. The van der Waals surface area contributed by atoms with E-state index in [4.69, 9.17) is 21.4 Å². The number of anilines is 1. The molecule has 3 aromatic rings.